The van der Waals surface area contributed by atoms with Crippen LogP contribution in [-0.4, -0.2) is 45.7 Å². The third-order valence-electron chi connectivity index (χ3n) is 4.39. The second-order valence-electron chi connectivity index (χ2n) is 6.38. The van der Waals surface area contributed by atoms with Crippen LogP contribution in [0.4, 0.5) is 5.69 Å². The van der Waals surface area contributed by atoms with Crippen molar-refractivity contribution in [2.45, 2.75) is 5.16 Å². The van der Waals surface area contributed by atoms with Crippen LogP contribution in [0.1, 0.15) is 0 Å². The summed E-state index contributed by atoms with van der Waals surface area (Å²) in [4.78, 5) is 12.5. The van der Waals surface area contributed by atoms with Gasteiger partial charge in [0.15, 0.2) is 5.65 Å². The van der Waals surface area contributed by atoms with E-state index in [4.69, 9.17) is 21.1 Å². The molecular weight excluding hydrogens is 438 g/mol. The third-order valence-corrected chi connectivity index (χ3v) is 5.54. The molecule has 2 heterocycles. The average Bonchev–Trinajstić information content (AvgIpc) is 3.20. The summed E-state index contributed by atoms with van der Waals surface area (Å²) in [5, 5.41) is 16.7. The Labute approximate surface area is 187 Å². The van der Waals surface area contributed by atoms with Crippen LogP contribution >= 0.6 is 23.4 Å². The molecule has 0 unspecified atom stereocenters. The van der Waals surface area contributed by atoms with E-state index in [1.54, 1.807) is 29.8 Å². The van der Waals surface area contributed by atoms with Gasteiger partial charge >= 0.3 is 0 Å². The monoisotopic (exact) mass is 455 g/mol. The standard InChI is InChI=1S/C21H18ClN5O3S/c1-29-15-6-3-13(4-7-15)16-8-10-19-24-25-21(27(19)26-16)31-12-20(28)23-17-11-14(22)5-9-18(17)30-2/h3-11H,12H2,1-2H3,(H,23,28). The molecule has 2 aromatic carbocycles. The third kappa shape index (κ3) is 4.73. The van der Waals surface area contributed by atoms with Crippen LogP contribution in [0.25, 0.3) is 16.9 Å². The Morgan fingerprint density at radius 1 is 1.06 bits per heavy atom. The van der Waals surface area contributed by atoms with Crippen molar-refractivity contribution in [2.75, 3.05) is 25.3 Å². The minimum atomic E-state index is -0.228. The lowest BCUT2D eigenvalue weighted by molar-refractivity contribution is -0.113. The van der Waals surface area contributed by atoms with Crippen LogP contribution in [0.5, 0.6) is 11.5 Å². The molecule has 2 aromatic heterocycles. The molecule has 0 aliphatic rings. The van der Waals surface area contributed by atoms with Crippen molar-refractivity contribution in [3.63, 3.8) is 0 Å². The molecule has 0 saturated heterocycles. The van der Waals surface area contributed by atoms with Gasteiger partial charge in [0.05, 0.1) is 31.4 Å². The Morgan fingerprint density at radius 2 is 1.87 bits per heavy atom. The molecule has 1 amide bonds. The van der Waals surface area contributed by atoms with Gasteiger partial charge in [0.2, 0.25) is 11.1 Å². The molecule has 4 rings (SSSR count). The van der Waals surface area contributed by atoms with E-state index in [1.165, 1.54) is 18.9 Å². The molecule has 0 saturated carbocycles. The molecule has 0 spiro atoms. The number of thioether (sulfide) groups is 1. The van der Waals surface area contributed by atoms with Gasteiger partial charge in [0.25, 0.3) is 0 Å². The van der Waals surface area contributed by atoms with Gasteiger partial charge in [-0.2, -0.15) is 9.61 Å². The zero-order valence-corrected chi connectivity index (χ0v) is 18.3. The smallest absolute Gasteiger partial charge is 0.234 e. The molecule has 1 N–H and O–H groups in total. The number of benzene rings is 2. The molecule has 31 heavy (non-hydrogen) atoms. The number of fused-ring (bicyclic) bond motifs is 1. The summed E-state index contributed by atoms with van der Waals surface area (Å²) >= 11 is 7.25. The van der Waals surface area contributed by atoms with E-state index in [0.29, 0.717) is 27.3 Å². The van der Waals surface area contributed by atoms with Crippen LogP contribution in [-0.2, 0) is 4.79 Å². The number of hydrogen-bond donors (Lipinski definition) is 1. The normalized spacial score (nSPS) is 10.8. The molecule has 0 aliphatic heterocycles. The number of carbonyl (C=O) groups excluding carboxylic acids is 1. The van der Waals surface area contributed by atoms with Gasteiger partial charge in [-0.15, -0.1) is 10.2 Å². The number of ether oxygens (including phenoxy) is 2. The number of anilines is 1. The zero-order valence-electron chi connectivity index (χ0n) is 16.7. The van der Waals surface area contributed by atoms with Crippen molar-refractivity contribution in [1.29, 1.82) is 0 Å². The number of methoxy groups -OCH3 is 2. The van der Waals surface area contributed by atoms with Crippen LogP contribution < -0.4 is 14.8 Å². The summed E-state index contributed by atoms with van der Waals surface area (Å²) in [5.41, 5.74) is 2.78. The molecule has 8 nitrogen and oxygen atoms in total. The first-order valence-electron chi connectivity index (χ1n) is 9.20. The fraction of sp³-hybridized carbons (Fsp3) is 0.143. The number of nitrogens with zero attached hydrogens (tertiary/aromatic N) is 4. The fourth-order valence-corrected chi connectivity index (χ4v) is 3.73. The van der Waals surface area contributed by atoms with E-state index in [2.05, 4.69) is 20.6 Å². The topological polar surface area (TPSA) is 90.6 Å². The maximum Gasteiger partial charge on any atom is 0.234 e. The lowest BCUT2D eigenvalue weighted by atomic mass is 10.1. The highest BCUT2D eigenvalue weighted by Gasteiger charge is 2.13. The predicted molar refractivity (Wildman–Crippen MR) is 120 cm³/mol. The Balaban J connectivity index is 1.49. The number of amides is 1. The van der Waals surface area contributed by atoms with E-state index in [9.17, 15) is 4.79 Å². The average molecular weight is 456 g/mol. The second kappa shape index (κ2) is 9.23. The molecule has 10 heteroatoms. The number of carbonyl (C=O) groups is 1. The summed E-state index contributed by atoms with van der Waals surface area (Å²) in [6.45, 7) is 0. The van der Waals surface area contributed by atoms with Crippen molar-refractivity contribution < 1.29 is 14.3 Å². The predicted octanol–water partition coefficient (Wildman–Crippen LogP) is 4.19. The summed E-state index contributed by atoms with van der Waals surface area (Å²) in [6.07, 6.45) is 0. The largest absolute Gasteiger partial charge is 0.497 e. The molecule has 0 radical (unpaired) electrons. The minimum Gasteiger partial charge on any atom is -0.497 e. The first-order valence-corrected chi connectivity index (χ1v) is 10.6. The summed E-state index contributed by atoms with van der Waals surface area (Å²) < 4.78 is 12.1. The van der Waals surface area contributed by atoms with Gasteiger partial charge in [-0.05, 0) is 54.6 Å². The molecule has 158 valence electrons. The van der Waals surface area contributed by atoms with Gasteiger partial charge in [-0.1, -0.05) is 23.4 Å². The van der Waals surface area contributed by atoms with Gasteiger partial charge in [-0.3, -0.25) is 4.79 Å². The van der Waals surface area contributed by atoms with Crippen molar-refractivity contribution in [3.05, 3.63) is 59.6 Å². The number of nitrogens with one attached hydrogen (secondary N) is 1. The van der Waals surface area contributed by atoms with Gasteiger partial charge in [0, 0.05) is 10.6 Å². The van der Waals surface area contributed by atoms with Crippen molar-refractivity contribution in [2.24, 2.45) is 0 Å². The number of rotatable bonds is 7. The minimum absolute atomic E-state index is 0.116. The molecular formula is C21H18ClN5O3S. The quantitative estimate of drug-likeness (QED) is 0.418. The number of hydrogen-bond acceptors (Lipinski definition) is 7. The highest BCUT2D eigenvalue weighted by molar-refractivity contribution is 7.99. The van der Waals surface area contributed by atoms with E-state index >= 15 is 0 Å². The van der Waals surface area contributed by atoms with Gasteiger partial charge in [0.1, 0.15) is 11.5 Å². The molecule has 0 atom stereocenters. The first kappa shape index (κ1) is 21.0. The van der Waals surface area contributed by atoms with Gasteiger partial charge < -0.3 is 14.8 Å². The van der Waals surface area contributed by atoms with E-state index in [-0.39, 0.29) is 11.7 Å². The highest BCUT2D eigenvalue weighted by atomic mass is 35.5. The highest BCUT2D eigenvalue weighted by Crippen LogP contribution is 2.28. The lowest BCUT2D eigenvalue weighted by Crippen LogP contribution is -2.15. The number of halogens is 1. The van der Waals surface area contributed by atoms with Crippen molar-refractivity contribution >= 4 is 40.6 Å². The van der Waals surface area contributed by atoms with Crippen LogP contribution in [0.15, 0.2) is 59.8 Å². The lowest BCUT2D eigenvalue weighted by Gasteiger charge is -2.10. The van der Waals surface area contributed by atoms with Crippen LogP contribution in [0, 0.1) is 0 Å². The summed E-state index contributed by atoms with van der Waals surface area (Å²) in [7, 11) is 3.15. The van der Waals surface area contributed by atoms with E-state index in [0.717, 1.165) is 17.0 Å². The Kier molecular flexibility index (Phi) is 6.24. The Bertz CT molecular complexity index is 1230. The van der Waals surface area contributed by atoms with Crippen molar-refractivity contribution in [3.8, 4) is 22.8 Å². The number of aromatic nitrogens is 4. The molecule has 0 aliphatic carbocycles. The van der Waals surface area contributed by atoms with Crippen LogP contribution in [0.2, 0.25) is 5.02 Å². The zero-order chi connectivity index (χ0) is 21.8. The van der Waals surface area contributed by atoms with Crippen LogP contribution in [0.3, 0.4) is 0 Å². The first-order chi connectivity index (χ1) is 15.1. The Morgan fingerprint density at radius 3 is 2.61 bits per heavy atom. The summed E-state index contributed by atoms with van der Waals surface area (Å²) in [6, 6.07) is 16.3. The fourth-order valence-electron chi connectivity index (χ4n) is 2.87. The SMILES string of the molecule is COc1ccc(-c2ccc3nnc(SCC(=O)Nc4cc(Cl)ccc4OC)n3n2)cc1. The maximum absolute atomic E-state index is 12.5. The van der Waals surface area contributed by atoms with E-state index < -0.39 is 0 Å². The molecule has 4 aromatic rings. The van der Waals surface area contributed by atoms with Crippen molar-refractivity contribution in [1.82, 2.24) is 19.8 Å². The second-order valence-corrected chi connectivity index (χ2v) is 7.76. The Hall–Kier alpha value is -3.30. The molecule has 0 bridgehead atoms. The summed E-state index contributed by atoms with van der Waals surface area (Å²) in [5.74, 6) is 1.19. The van der Waals surface area contributed by atoms with E-state index in [1.807, 2.05) is 36.4 Å². The van der Waals surface area contributed by atoms with Gasteiger partial charge in [-0.25, -0.2) is 0 Å². The molecule has 0 fully saturated rings. The maximum atomic E-state index is 12.5.